The van der Waals surface area contributed by atoms with Gasteiger partial charge in [0.2, 0.25) is 5.12 Å². The third-order valence-electron chi connectivity index (χ3n) is 7.16. The van der Waals surface area contributed by atoms with Gasteiger partial charge < -0.3 is 28.4 Å². The molecule has 0 amide bonds. The van der Waals surface area contributed by atoms with Crippen molar-refractivity contribution in [2.75, 3.05) is 26.4 Å². The molecular weight excluding hydrogens is 701 g/mol. The second-order valence-corrected chi connectivity index (χ2v) is 12.1. The molecule has 0 radical (unpaired) electrons. The fourth-order valence-electron chi connectivity index (χ4n) is 4.36. The van der Waals surface area contributed by atoms with Crippen LogP contribution in [0, 0.1) is 0 Å². The molecule has 0 bridgehead atoms. The van der Waals surface area contributed by atoms with Crippen molar-refractivity contribution in [2.45, 2.75) is 30.6 Å². The summed E-state index contributed by atoms with van der Waals surface area (Å²) in [5.41, 5.74) is 1.11. The number of carbonyl (C=O) groups is 5. The zero-order chi connectivity index (χ0) is 37.8. The molecule has 12 heteroatoms. The first kappa shape index (κ1) is 39.6. The summed E-state index contributed by atoms with van der Waals surface area (Å²) in [6, 6.07) is 25.8. The van der Waals surface area contributed by atoms with E-state index in [1.165, 1.54) is 24.3 Å². The Labute approximate surface area is 311 Å². The molecule has 4 rings (SSSR count). The van der Waals surface area contributed by atoms with Gasteiger partial charge >= 0.3 is 23.9 Å². The highest BCUT2D eigenvalue weighted by molar-refractivity contribution is 8.14. The summed E-state index contributed by atoms with van der Waals surface area (Å²) < 4.78 is 32.1. The van der Waals surface area contributed by atoms with Crippen LogP contribution in [-0.4, -0.2) is 55.4 Å². The number of esters is 4. The molecule has 0 saturated carbocycles. The summed E-state index contributed by atoms with van der Waals surface area (Å²) in [5, 5.41) is -0.170. The number of rotatable bonds is 20. The van der Waals surface area contributed by atoms with Crippen LogP contribution in [0.25, 0.3) is 0 Å². The number of hydrogen-bond acceptors (Lipinski definition) is 12. The van der Waals surface area contributed by atoms with E-state index in [1.807, 2.05) is 0 Å². The van der Waals surface area contributed by atoms with E-state index in [-0.39, 0.29) is 16.6 Å². The molecule has 0 fully saturated rings. The molecular formula is C41H38O11S. The molecule has 0 heterocycles. The smallest absolute Gasteiger partial charge is 0.343 e. The SMILES string of the molecule is C=CC(=O)OCCCCOc1ccc(C(=O)Oc2ccc(OC(=O)c3ccc(SC(=O)c4ccc(OCCCCOC(=O)C=C)cc4)cc3)cc2)cc1. The van der Waals surface area contributed by atoms with Gasteiger partial charge in [0.05, 0.1) is 37.6 Å². The Morgan fingerprint density at radius 2 is 0.830 bits per heavy atom. The van der Waals surface area contributed by atoms with Crippen molar-refractivity contribution in [3.05, 3.63) is 139 Å². The number of benzene rings is 4. The normalized spacial score (nSPS) is 10.3. The molecule has 0 spiro atoms. The standard InChI is InChI=1S/C41H38O11S/c1-3-37(42)49-27-7-5-25-47-32-15-9-29(10-16-32)39(44)51-34-19-21-35(22-20-34)52-40(45)30-13-23-36(24-14-30)53-41(46)31-11-17-33(18-12-31)48-26-6-8-28-50-38(43)4-2/h3-4,9-24H,1-2,5-8,25-28H2. The van der Waals surface area contributed by atoms with Crippen LogP contribution in [0.2, 0.25) is 0 Å². The highest BCUT2D eigenvalue weighted by Crippen LogP contribution is 2.26. The molecule has 4 aromatic carbocycles. The van der Waals surface area contributed by atoms with Crippen LogP contribution in [0.4, 0.5) is 0 Å². The number of hydrogen-bond donors (Lipinski definition) is 0. The molecule has 11 nitrogen and oxygen atoms in total. The molecule has 4 aromatic rings. The number of unbranched alkanes of at least 4 members (excludes halogenated alkanes) is 2. The minimum Gasteiger partial charge on any atom is -0.494 e. The zero-order valence-corrected chi connectivity index (χ0v) is 29.7. The van der Waals surface area contributed by atoms with Crippen LogP contribution in [0.1, 0.15) is 56.8 Å². The molecule has 53 heavy (non-hydrogen) atoms. The summed E-state index contributed by atoms with van der Waals surface area (Å²) in [4.78, 5) is 60.9. The van der Waals surface area contributed by atoms with Crippen molar-refractivity contribution in [3.8, 4) is 23.0 Å². The molecule has 0 aliphatic rings. The Kier molecular flexibility index (Phi) is 15.9. The average Bonchev–Trinajstić information content (AvgIpc) is 3.18. The van der Waals surface area contributed by atoms with E-state index in [0.717, 1.165) is 23.9 Å². The van der Waals surface area contributed by atoms with Crippen LogP contribution in [0.15, 0.2) is 127 Å². The van der Waals surface area contributed by atoms with Crippen molar-refractivity contribution in [1.29, 1.82) is 0 Å². The minimum absolute atomic E-state index is 0.170. The highest BCUT2D eigenvalue weighted by atomic mass is 32.2. The predicted octanol–water partition coefficient (Wildman–Crippen LogP) is 7.83. The number of thioether (sulfide) groups is 1. The first-order valence-corrected chi connectivity index (χ1v) is 17.5. The van der Waals surface area contributed by atoms with Gasteiger partial charge in [-0.25, -0.2) is 19.2 Å². The van der Waals surface area contributed by atoms with E-state index >= 15 is 0 Å². The Bertz CT molecular complexity index is 1850. The number of ether oxygens (including phenoxy) is 6. The van der Waals surface area contributed by atoms with Gasteiger partial charge in [-0.1, -0.05) is 13.2 Å². The van der Waals surface area contributed by atoms with Crippen molar-refractivity contribution >= 4 is 40.8 Å². The van der Waals surface area contributed by atoms with E-state index in [0.29, 0.717) is 85.2 Å². The topological polar surface area (TPSA) is 141 Å². The van der Waals surface area contributed by atoms with Crippen LogP contribution in [0.3, 0.4) is 0 Å². The van der Waals surface area contributed by atoms with E-state index in [9.17, 15) is 24.0 Å². The summed E-state index contributed by atoms with van der Waals surface area (Å²) in [7, 11) is 0. The quantitative estimate of drug-likeness (QED) is 0.0287. The summed E-state index contributed by atoms with van der Waals surface area (Å²) in [6.07, 6.45) is 4.93. The van der Waals surface area contributed by atoms with E-state index in [4.69, 9.17) is 28.4 Å². The van der Waals surface area contributed by atoms with Gasteiger partial charge in [0.1, 0.15) is 23.0 Å². The zero-order valence-electron chi connectivity index (χ0n) is 28.9. The summed E-state index contributed by atoms with van der Waals surface area (Å²) in [6.45, 7) is 8.15. The molecule has 0 aromatic heterocycles. The lowest BCUT2D eigenvalue weighted by atomic mass is 10.2. The lowest BCUT2D eigenvalue weighted by molar-refractivity contribution is -0.138. The second kappa shape index (κ2) is 21.3. The van der Waals surface area contributed by atoms with Gasteiger partial charge in [0.25, 0.3) is 0 Å². The van der Waals surface area contributed by atoms with Crippen LogP contribution >= 0.6 is 11.8 Å². The first-order chi connectivity index (χ1) is 25.7. The average molecular weight is 739 g/mol. The predicted molar refractivity (Wildman–Crippen MR) is 198 cm³/mol. The fraction of sp³-hybridized carbons (Fsp3) is 0.195. The maximum absolute atomic E-state index is 12.8. The minimum atomic E-state index is -0.593. The Balaban J connectivity index is 1.16. The van der Waals surface area contributed by atoms with Gasteiger partial charge in [-0.2, -0.15) is 0 Å². The van der Waals surface area contributed by atoms with Crippen molar-refractivity contribution in [3.63, 3.8) is 0 Å². The van der Waals surface area contributed by atoms with E-state index in [1.54, 1.807) is 72.8 Å². The van der Waals surface area contributed by atoms with Gasteiger partial charge in [-0.3, -0.25) is 4.79 Å². The molecule has 0 aliphatic heterocycles. The van der Waals surface area contributed by atoms with Crippen LogP contribution in [0.5, 0.6) is 23.0 Å². The van der Waals surface area contributed by atoms with Crippen LogP contribution in [-0.2, 0) is 19.1 Å². The Morgan fingerprint density at radius 3 is 1.25 bits per heavy atom. The summed E-state index contributed by atoms with van der Waals surface area (Å²) in [5.74, 6) is -0.339. The molecule has 274 valence electrons. The lowest BCUT2D eigenvalue weighted by Crippen LogP contribution is -2.09. The highest BCUT2D eigenvalue weighted by Gasteiger charge is 2.14. The van der Waals surface area contributed by atoms with Crippen LogP contribution < -0.4 is 18.9 Å². The van der Waals surface area contributed by atoms with E-state index < -0.39 is 23.9 Å². The van der Waals surface area contributed by atoms with Gasteiger partial charge in [-0.15, -0.1) is 0 Å². The monoisotopic (exact) mass is 738 g/mol. The second-order valence-electron chi connectivity index (χ2n) is 11.1. The molecule has 0 aliphatic carbocycles. The summed E-state index contributed by atoms with van der Waals surface area (Å²) >= 11 is 1.03. The number of carbonyl (C=O) groups excluding carboxylic acids is 5. The molecule has 0 atom stereocenters. The first-order valence-electron chi connectivity index (χ1n) is 16.6. The Hall–Kier alpha value is -6.14. The Morgan fingerprint density at radius 1 is 0.472 bits per heavy atom. The van der Waals surface area contributed by atoms with Gasteiger partial charge in [0.15, 0.2) is 0 Å². The third kappa shape index (κ3) is 13.8. The van der Waals surface area contributed by atoms with Gasteiger partial charge in [-0.05, 0) is 135 Å². The maximum Gasteiger partial charge on any atom is 0.343 e. The lowest BCUT2D eigenvalue weighted by Gasteiger charge is -2.09. The fourth-order valence-corrected chi connectivity index (χ4v) is 5.10. The van der Waals surface area contributed by atoms with Crippen molar-refractivity contribution in [1.82, 2.24) is 0 Å². The van der Waals surface area contributed by atoms with E-state index in [2.05, 4.69) is 13.2 Å². The third-order valence-corrected chi connectivity index (χ3v) is 8.09. The van der Waals surface area contributed by atoms with Crippen molar-refractivity contribution < 1.29 is 52.4 Å². The van der Waals surface area contributed by atoms with Gasteiger partial charge in [0, 0.05) is 22.6 Å². The van der Waals surface area contributed by atoms with Crippen molar-refractivity contribution in [2.24, 2.45) is 0 Å². The molecule has 0 saturated heterocycles. The largest absolute Gasteiger partial charge is 0.494 e. The molecule has 0 N–H and O–H groups in total. The maximum atomic E-state index is 12.8. The molecule has 0 unspecified atom stereocenters.